The highest BCUT2D eigenvalue weighted by Gasteiger charge is 2.32. The molecule has 0 spiro atoms. The molecule has 3 aromatic carbocycles. The van der Waals surface area contributed by atoms with Crippen molar-refractivity contribution in [3.8, 4) is 0 Å². The molecule has 0 unspecified atom stereocenters. The van der Waals surface area contributed by atoms with Crippen LogP contribution in [-0.4, -0.2) is 11.4 Å². The number of rotatable bonds is 2. The van der Waals surface area contributed by atoms with E-state index in [1.54, 1.807) is 0 Å². The summed E-state index contributed by atoms with van der Waals surface area (Å²) in [6, 6.07) is 20.7. The lowest BCUT2D eigenvalue weighted by atomic mass is 10.00. The number of aliphatic imine (C=N–C) groups is 2. The molecule has 1 heterocycles. The summed E-state index contributed by atoms with van der Waals surface area (Å²) in [5, 5.41) is -0.0729. The highest BCUT2D eigenvalue weighted by atomic mass is 35.5. The molecule has 0 aliphatic carbocycles. The molecule has 0 saturated carbocycles. The average molecular weight is 399 g/mol. The molecule has 2 nitrogen and oxygen atoms in total. The van der Waals surface area contributed by atoms with Gasteiger partial charge in [0.2, 0.25) is 0 Å². The van der Waals surface area contributed by atoms with Gasteiger partial charge < -0.3 is 0 Å². The fourth-order valence-corrected chi connectivity index (χ4v) is 3.31. The Morgan fingerprint density at radius 3 is 1.82 bits per heavy atom. The van der Waals surface area contributed by atoms with E-state index in [-0.39, 0.29) is 16.4 Å². The van der Waals surface area contributed by atoms with Crippen molar-refractivity contribution in [2.45, 2.75) is 12.6 Å². The van der Waals surface area contributed by atoms with Crippen molar-refractivity contribution in [1.82, 2.24) is 0 Å². The minimum Gasteiger partial charge on any atom is -0.250 e. The molecule has 140 valence electrons. The zero-order valence-electron chi connectivity index (χ0n) is 14.5. The van der Waals surface area contributed by atoms with Crippen molar-refractivity contribution in [3.05, 3.63) is 94.5 Å². The highest BCUT2D eigenvalue weighted by Crippen LogP contribution is 2.43. The van der Waals surface area contributed by atoms with E-state index >= 15 is 0 Å². The van der Waals surface area contributed by atoms with Crippen molar-refractivity contribution in [2.75, 3.05) is 0 Å². The number of alkyl halides is 3. The van der Waals surface area contributed by atoms with Gasteiger partial charge in [-0.3, -0.25) is 4.99 Å². The Bertz CT molecular complexity index is 1070. The summed E-state index contributed by atoms with van der Waals surface area (Å²) in [7, 11) is 0. The Morgan fingerprint density at radius 1 is 0.750 bits per heavy atom. The number of benzene rings is 3. The van der Waals surface area contributed by atoms with Gasteiger partial charge in [-0.25, -0.2) is 4.99 Å². The Hall–Kier alpha value is -2.92. The molecule has 1 aliphatic heterocycles. The van der Waals surface area contributed by atoms with Gasteiger partial charge >= 0.3 is 6.18 Å². The van der Waals surface area contributed by atoms with Gasteiger partial charge in [0.05, 0.1) is 27.7 Å². The predicted octanol–water partition coefficient (Wildman–Crippen LogP) is 7.00. The third-order valence-electron chi connectivity index (χ3n) is 4.42. The second-order valence-corrected chi connectivity index (χ2v) is 6.76. The molecule has 0 N–H and O–H groups in total. The largest absolute Gasteiger partial charge is 0.416 e. The number of hydrogen-bond acceptors (Lipinski definition) is 2. The molecule has 0 aromatic heterocycles. The van der Waals surface area contributed by atoms with Gasteiger partial charge in [0.15, 0.2) is 0 Å². The van der Waals surface area contributed by atoms with E-state index in [0.717, 1.165) is 23.3 Å². The molecule has 0 fully saturated rings. The first-order chi connectivity index (χ1) is 13.4. The molecule has 0 saturated heterocycles. The lowest BCUT2D eigenvalue weighted by Gasteiger charge is -2.10. The average Bonchev–Trinajstić information content (AvgIpc) is 2.89. The molecule has 0 radical (unpaired) electrons. The van der Waals surface area contributed by atoms with Crippen LogP contribution in [0.1, 0.15) is 23.1 Å². The molecular formula is C22H14ClF3N2. The maximum atomic E-state index is 13.3. The molecular weight excluding hydrogens is 385 g/mol. The summed E-state index contributed by atoms with van der Waals surface area (Å²) in [5.74, 6) is 0. The summed E-state index contributed by atoms with van der Waals surface area (Å²) in [6.45, 7) is 0. The van der Waals surface area contributed by atoms with E-state index in [4.69, 9.17) is 11.6 Å². The molecule has 28 heavy (non-hydrogen) atoms. The van der Waals surface area contributed by atoms with Crippen LogP contribution in [0.4, 0.5) is 24.5 Å². The Balaban J connectivity index is 1.95. The van der Waals surface area contributed by atoms with E-state index in [1.807, 2.05) is 60.7 Å². The minimum absolute atomic E-state index is 0.0729. The molecule has 6 heteroatoms. The monoisotopic (exact) mass is 398 g/mol. The van der Waals surface area contributed by atoms with Gasteiger partial charge in [0.1, 0.15) is 5.69 Å². The molecule has 0 atom stereocenters. The normalized spacial score (nSPS) is 14.0. The first kappa shape index (κ1) is 18.4. The Kier molecular flexibility index (Phi) is 4.77. The van der Waals surface area contributed by atoms with Gasteiger partial charge in [0.25, 0.3) is 0 Å². The fourth-order valence-electron chi connectivity index (χ4n) is 3.06. The summed E-state index contributed by atoms with van der Waals surface area (Å²) < 4.78 is 39.8. The molecule has 4 rings (SSSR count). The van der Waals surface area contributed by atoms with E-state index in [1.165, 1.54) is 0 Å². The lowest BCUT2D eigenvalue weighted by Crippen LogP contribution is -2.09. The lowest BCUT2D eigenvalue weighted by molar-refractivity contribution is -0.137. The standard InChI is InChI=1S/C22H14ClF3N2/c23-17-11-16(22(24,25)26)12-20-21(17)28-19(15-9-5-2-6-10-15)13-18(27-20)14-7-3-1-4-8-14/h1-12H,13H2. The number of fused-ring (bicyclic) bond motifs is 1. The van der Waals surface area contributed by atoms with Gasteiger partial charge in [0, 0.05) is 6.42 Å². The Morgan fingerprint density at radius 2 is 1.29 bits per heavy atom. The van der Waals surface area contributed by atoms with Crippen molar-refractivity contribution in [1.29, 1.82) is 0 Å². The van der Waals surface area contributed by atoms with Crippen molar-refractivity contribution >= 4 is 34.4 Å². The minimum atomic E-state index is -4.51. The number of halogens is 4. The van der Waals surface area contributed by atoms with Crippen LogP contribution in [0.15, 0.2) is 82.8 Å². The number of nitrogens with zero attached hydrogens (tertiary/aromatic N) is 2. The second-order valence-electron chi connectivity index (χ2n) is 6.35. The maximum Gasteiger partial charge on any atom is 0.416 e. The van der Waals surface area contributed by atoms with Crippen LogP contribution in [0.3, 0.4) is 0 Å². The van der Waals surface area contributed by atoms with Crippen molar-refractivity contribution in [3.63, 3.8) is 0 Å². The smallest absolute Gasteiger partial charge is 0.250 e. The predicted molar refractivity (Wildman–Crippen MR) is 106 cm³/mol. The molecule has 0 bridgehead atoms. The van der Waals surface area contributed by atoms with E-state index in [0.29, 0.717) is 17.8 Å². The quantitative estimate of drug-likeness (QED) is 0.443. The highest BCUT2D eigenvalue weighted by molar-refractivity contribution is 6.34. The summed E-state index contributed by atoms with van der Waals surface area (Å²) >= 11 is 6.20. The summed E-state index contributed by atoms with van der Waals surface area (Å²) in [5.41, 5.74) is 2.55. The van der Waals surface area contributed by atoms with Gasteiger partial charge in [-0.1, -0.05) is 72.3 Å². The number of hydrogen-bond donors (Lipinski definition) is 0. The topological polar surface area (TPSA) is 24.7 Å². The Labute approximate surface area is 165 Å². The van der Waals surface area contributed by atoms with Crippen LogP contribution in [0.2, 0.25) is 5.02 Å². The second kappa shape index (κ2) is 7.24. The molecule has 0 amide bonds. The van der Waals surface area contributed by atoms with Crippen LogP contribution < -0.4 is 0 Å². The van der Waals surface area contributed by atoms with Crippen LogP contribution in [0, 0.1) is 0 Å². The van der Waals surface area contributed by atoms with Gasteiger partial charge in [-0.2, -0.15) is 13.2 Å². The van der Waals surface area contributed by atoms with Crippen LogP contribution >= 0.6 is 11.6 Å². The SMILES string of the molecule is FC(F)(F)c1cc(Cl)c2c(c1)N=C(c1ccccc1)CC(c1ccccc1)=N2. The third kappa shape index (κ3) is 3.71. The zero-order valence-corrected chi connectivity index (χ0v) is 15.3. The van der Waals surface area contributed by atoms with E-state index in [9.17, 15) is 13.2 Å². The van der Waals surface area contributed by atoms with Crippen LogP contribution in [-0.2, 0) is 6.18 Å². The molecule has 1 aliphatic rings. The van der Waals surface area contributed by atoms with E-state index in [2.05, 4.69) is 9.98 Å². The van der Waals surface area contributed by atoms with Crippen molar-refractivity contribution in [2.24, 2.45) is 9.98 Å². The van der Waals surface area contributed by atoms with Gasteiger partial charge in [-0.15, -0.1) is 0 Å². The first-order valence-electron chi connectivity index (χ1n) is 8.58. The maximum absolute atomic E-state index is 13.3. The summed E-state index contributed by atoms with van der Waals surface area (Å²) in [6.07, 6.45) is -4.14. The molecule has 3 aromatic rings. The first-order valence-corrected chi connectivity index (χ1v) is 8.96. The van der Waals surface area contributed by atoms with Crippen molar-refractivity contribution < 1.29 is 13.2 Å². The fraction of sp³-hybridized carbons (Fsp3) is 0.0909. The van der Waals surface area contributed by atoms with E-state index < -0.39 is 11.7 Å². The van der Waals surface area contributed by atoms with Gasteiger partial charge in [-0.05, 0) is 23.3 Å². The third-order valence-corrected chi connectivity index (χ3v) is 4.71. The summed E-state index contributed by atoms with van der Waals surface area (Å²) in [4.78, 5) is 9.15. The van der Waals surface area contributed by atoms with Crippen LogP contribution in [0.5, 0.6) is 0 Å². The zero-order chi connectivity index (χ0) is 19.7. The van der Waals surface area contributed by atoms with Crippen LogP contribution in [0.25, 0.3) is 0 Å².